The summed E-state index contributed by atoms with van der Waals surface area (Å²) >= 11 is 3.58. The first-order valence-electron chi connectivity index (χ1n) is 9.15. The number of thiophene rings is 2. The molecule has 2 aromatic heterocycles. The molecular weight excluding hydrogens is 392 g/mol. The van der Waals surface area contributed by atoms with E-state index in [-0.39, 0.29) is 11.9 Å². The maximum Gasteiger partial charge on any atom is 0.279 e. The predicted molar refractivity (Wildman–Crippen MR) is 113 cm³/mol. The van der Waals surface area contributed by atoms with Gasteiger partial charge in [-0.05, 0) is 35.0 Å². The average molecular weight is 416 g/mol. The Morgan fingerprint density at radius 3 is 2.82 bits per heavy atom. The summed E-state index contributed by atoms with van der Waals surface area (Å²) in [6, 6.07) is 12.1. The number of ether oxygens (including phenoxy) is 2. The van der Waals surface area contributed by atoms with E-state index in [9.17, 15) is 4.79 Å². The van der Waals surface area contributed by atoms with Crippen LogP contribution in [0.4, 0.5) is 5.69 Å². The number of hydrogen-bond acceptors (Lipinski definition) is 5. The van der Waals surface area contributed by atoms with Crippen molar-refractivity contribution in [1.29, 1.82) is 0 Å². The molecule has 1 unspecified atom stereocenters. The molecule has 0 radical (unpaired) electrons. The van der Waals surface area contributed by atoms with Crippen LogP contribution in [0, 0.1) is 0 Å². The number of amides is 1. The van der Waals surface area contributed by atoms with Crippen molar-refractivity contribution in [2.45, 2.75) is 12.5 Å². The molecule has 1 aliphatic rings. The zero-order valence-corrected chi connectivity index (χ0v) is 17.5. The van der Waals surface area contributed by atoms with Crippen molar-refractivity contribution in [2.75, 3.05) is 32.6 Å². The van der Waals surface area contributed by atoms with Crippen LogP contribution in [-0.2, 0) is 11.2 Å². The molecule has 0 spiro atoms. The molecule has 4 rings (SSSR count). The van der Waals surface area contributed by atoms with Crippen molar-refractivity contribution in [3.8, 4) is 11.5 Å². The smallest absolute Gasteiger partial charge is 0.279 e. The quantitative estimate of drug-likeness (QED) is 0.651. The fourth-order valence-corrected chi connectivity index (χ4v) is 5.58. The number of carbonyl (C=O) groups is 1. The van der Waals surface area contributed by atoms with Crippen molar-refractivity contribution in [2.24, 2.45) is 0 Å². The summed E-state index contributed by atoms with van der Waals surface area (Å²) in [6.07, 6.45) is 1.01. The van der Waals surface area contributed by atoms with Crippen molar-refractivity contribution in [3.63, 3.8) is 0 Å². The maximum absolute atomic E-state index is 12.9. The number of rotatable bonds is 6. The van der Waals surface area contributed by atoms with Crippen molar-refractivity contribution >= 4 is 34.3 Å². The normalized spacial score (nSPS) is 18.4. The van der Waals surface area contributed by atoms with E-state index in [1.807, 2.05) is 17.4 Å². The Hall–Kier alpha value is -2.35. The Balaban J connectivity index is 1.54. The van der Waals surface area contributed by atoms with Gasteiger partial charge in [-0.1, -0.05) is 6.07 Å². The van der Waals surface area contributed by atoms with Gasteiger partial charge in [0.05, 0.1) is 31.3 Å². The van der Waals surface area contributed by atoms with Gasteiger partial charge >= 0.3 is 0 Å². The lowest BCUT2D eigenvalue weighted by atomic mass is 9.98. The first kappa shape index (κ1) is 19.0. The molecule has 0 bridgehead atoms. The van der Waals surface area contributed by atoms with Gasteiger partial charge in [0, 0.05) is 22.9 Å². The summed E-state index contributed by atoms with van der Waals surface area (Å²) in [6.45, 7) is 1.34. The SMILES string of the molecule is COc1ccc(OC)c(NC(=O)C[NH+]2CCc3sccc3[C@@H]2c2cccs2)c1. The van der Waals surface area contributed by atoms with Crippen LogP contribution < -0.4 is 19.7 Å². The predicted octanol–water partition coefficient (Wildman–Crippen LogP) is 3.00. The van der Waals surface area contributed by atoms with Gasteiger partial charge in [-0.25, -0.2) is 0 Å². The average Bonchev–Trinajstić information content (AvgIpc) is 3.39. The van der Waals surface area contributed by atoms with Gasteiger partial charge in [0.25, 0.3) is 5.91 Å². The van der Waals surface area contributed by atoms with Crippen LogP contribution in [0.5, 0.6) is 11.5 Å². The van der Waals surface area contributed by atoms with Gasteiger partial charge in [-0.3, -0.25) is 4.79 Å². The number of methoxy groups -OCH3 is 2. The zero-order chi connectivity index (χ0) is 19.5. The van der Waals surface area contributed by atoms with Gasteiger partial charge in [0.15, 0.2) is 6.54 Å². The van der Waals surface area contributed by atoms with Crippen molar-refractivity contribution < 1.29 is 19.2 Å². The third-order valence-corrected chi connectivity index (χ3v) is 7.00. The van der Waals surface area contributed by atoms with Crippen LogP contribution in [0.3, 0.4) is 0 Å². The van der Waals surface area contributed by atoms with Gasteiger partial charge in [0.1, 0.15) is 17.5 Å². The molecule has 146 valence electrons. The molecule has 0 aliphatic carbocycles. The van der Waals surface area contributed by atoms with Crippen LogP contribution in [0.1, 0.15) is 21.4 Å². The lowest BCUT2D eigenvalue weighted by Crippen LogP contribution is -3.14. The Bertz CT molecular complexity index is 952. The fraction of sp³-hybridized carbons (Fsp3) is 0.286. The highest BCUT2D eigenvalue weighted by molar-refractivity contribution is 7.10. The van der Waals surface area contributed by atoms with E-state index in [0.29, 0.717) is 23.7 Å². The molecule has 3 aromatic rings. The zero-order valence-electron chi connectivity index (χ0n) is 15.9. The third-order valence-electron chi connectivity index (χ3n) is 5.07. The monoisotopic (exact) mass is 415 g/mol. The lowest BCUT2D eigenvalue weighted by molar-refractivity contribution is -0.919. The summed E-state index contributed by atoms with van der Waals surface area (Å²) in [4.78, 5) is 16.9. The summed E-state index contributed by atoms with van der Waals surface area (Å²) in [5.74, 6) is 1.28. The van der Waals surface area contributed by atoms with Gasteiger partial charge in [-0.15, -0.1) is 22.7 Å². The minimum absolute atomic E-state index is 0.0261. The highest BCUT2D eigenvalue weighted by Crippen LogP contribution is 2.32. The number of carbonyl (C=O) groups excluding carboxylic acids is 1. The molecule has 0 fully saturated rings. The van der Waals surface area contributed by atoms with Crippen molar-refractivity contribution in [1.82, 2.24) is 0 Å². The molecule has 1 aromatic carbocycles. The van der Waals surface area contributed by atoms with E-state index in [4.69, 9.17) is 9.47 Å². The van der Waals surface area contributed by atoms with Gasteiger partial charge in [-0.2, -0.15) is 0 Å². The van der Waals surface area contributed by atoms with Crippen LogP contribution in [0.2, 0.25) is 0 Å². The summed E-state index contributed by atoms with van der Waals surface area (Å²) in [5.41, 5.74) is 1.99. The Morgan fingerprint density at radius 1 is 1.18 bits per heavy atom. The second-order valence-corrected chi connectivity index (χ2v) is 8.68. The number of fused-ring (bicyclic) bond motifs is 1. The van der Waals surface area contributed by atoms with E-state index in [0.717, 1.165) is 13.0 Å². The first-order chi connectivity index (χ1) is 13.7. The Morgan fingerprint density at radius 2 is 2.07 bits per heavy atom. The first-order valence-corrected chi connectivity index (χ1v) is 10.9. The molecule has 2 N–H and O–H groups in total. The summed E-state index contributed by atoms with van der Waals surface area (Å²) in [5, 5.41) is 7.28. The lowest BCUT2D eigenvalue weighted by Gasteiger charge is -2.31. The summed E-state index contributed by atoms with van der Waals surface area (Å²) in [7, 11) is 3.20. The minimum Gasteiger partial charge on any atom is -0.497 e. The van der Waals surface area contributed by atoms with Gasteiger partial charge < -0.3 is 19.7 Å². The van der Waals surface area contributed by atoms with E-state index >= 15 is 0 Å². The standard InChI is InChI=1S/C21H22N2O3S2/c1-25-14-5-6-17(26-2)16(12-14)22-20(24)13-23-9-7-18-15(8-11-28-18)21(23)19-4-3-10-27-19/h3-6,8,10-12,21H,7,9,13H2,1-2H3,(H,22,24)/p+1/t21-/m1/s1. The molecule has 7 heteroatoms. The maximum atomic E-state index is 12.9. The van der Waals surface area contributed by atoms with E-state index in [2.05, 4.69) is 34.3 Å². The van der Waals surface area contributed by atoms with E-state index in [1.54, 1.807) is 37.7 Å². The molecule has 1 aliphatic heterocycles. The molecule has 1 amide bonds. The molecular formula is C21H23N2O3S2+. The number of hydrogen-bond donors (Lipinski definition) is 2. The fourth-order valence-electron chi connectivity index (χ4n) is 3.76. The van der Waals surface area contributed by atoms with E-state index < -0.39 is 0 Å². The molecule has 5 nitrogen and oxygen atoms in total. The highest BCUT2D eigenvalue weighted by Gasteiger charge is 2.35. The van der Waals surface area contributed by atoms with Gasteiger partial charge in [0.2, 0.25) is 0 Å². The molecule has 28 heavy (non-hydrogen) atoms. The van der Waals surface area contributed by atoms with Crippen LogP contribution in [0.15, 0.2) is 47.2 Å². The number of nitrogens with one attached hydrogen (secondary N) is 2. The largest absolute Gasteiger partial charge is 0.497 e. The third kappa shape index (κ3) is 3.78. The minimum atomic E-state index is -0.0261. The van der Waals surface area contributed by atoms with E-state index in [1.165, 1.54) is 20.2 Å². The topological polar surface area (TPSA) is 52.0 Å². The molecule has 3 heterocycles. The number of anilines is 1. The second-order valence-electron chi connectivity index (χ2n) is 6.70. The number of benzene rings is 1. The van der Waals surface area contributed by atoms with Crippen LogP contribution in [0.25, 0.3) is 0 Å². The van der Waals surface area contributed by atoms with Crippen molar-refractivity contribution in [3.05, 3.63) is 62.5 Å². The second kappa shape index (κ2) is 8.34. The highest BCUT2D eigenvalue weighted by atomic mass is 32.1. The molecule has 0 saturated heterocycles. The Labute approximate surface area is 172 Å². The summed E-state index contributed by atoms with van der Waals surface area (Å²) < 4.78 is 10.7. The van der Waals surface area contributed by atoms with Crippen LogP contribution in [-0.4, -0.2) is 33.2 Å². The van der Waals surface area contributed by atoms with Crippen LogP contribution >= 0.6 is 22.7 Å². The number of quaternary nitrogens is 1. The molecule has 0 saturated carbocycles. The molecule has 2 atom stereocenters. The Kier molecular flexibility index (Phi) is 5.66.